The Bertz CT molecular complexity index is 487. The van der Waals surface area contributed by atoms with Crippen LogP contribution in [0.5, 0.6) is 0 Å². The third-order valence-corrected chi connectivity index (χ3v) is 5.37. The molecule has 3 heteroatoms. The summed E-state index contributed by atoms with van der Waals surface area (Å²) in [6.07, 6.45) is 1.17. The van der Waals surface area contributed by atoms with E-state index in [2.05, 4.69) is 37.3 Å². The van der Waals surface area contributed by atoms with Crippen molar-refractivity contribution >= 4 is 5.97 Å². The molecule has 2 aliphatic rings. The highest BCUT2D eigenvalue weighted by Crippen LogP contribution is 2.46. The predicted molar refractivity (Wildman–Crippen MR) is 77.9 cm³/mol. The molecular formula is C17H24NO2+. The Kier molecular flexibility index (Phi) is 3.55. The topological polar surface area (TPSA) is 26.3 Å². The maximum atomic E-state index is 12.1. The number of hydrogen-bond donors (Lipinski definition) is 0. The summed E-state index contributed by atoms with van der Waals surface area (Å²) in [5, 5.41) is 0. The number of piperidine rings is 1. The van der Waals surface area contributed by atoms with Gasteiger partial charge in [-0.05, 0) is 13.8 Å². The summed E-state index contributed by atoms with van der Waals surface area (Å²) in [5.74, 6) is 0.674. The molecule has 2 bridgehead atoms. The number of carbonyl (C=O) groups is 1. The predicted octanol–water partition coefficient (Wildman–Crippen LogP) is 2.78. The van der Waals surface area contributed by atoms with Crippen molar-refractivity contribution in [2.75, 3.05) is 26.2 Å². The van der Waals surface area contributed by atoms with Gasteiger partial charge < -0.3 is 9.22 Å². The average Bonchev–Trinajstić information content (AvgIpc) is 3.07. The highest BCUT2D eigenvalue weighted by atomic mass is 16.5. The number of quaternary nitrogens is 1. The summed E-state index contributed by atoms with van der Waals surface area (Å²) in [4.78, 5) is 12.1. The van der Waals surface area contributed by atoms with Crippen LogP contribution < -0.4 is 0 Å². The molecule has 4 atom stereocenters. The molecular weight excluding hydrogens is 250 g/mol. The molecule has 2 fully saturated rings. The molecule has 1 aromatic carbocycles. The molecule has 0 aromatic heterocycles. The highest BCUT2D eigenvalue weighted by Gasteiger charge is 2.56. The van der Waals surface area contributed by atoms with E-state index in [1.807, 2.05) is 6.92 Å². The number of hydrogen-bond acceptors (Lipinski definition) is 2. The molecule has 0 aliphatic carbocycles. The first-order valence-corrected chi connectivity index (χ1v) is 7.73. The van der Waals surface area contributed by atoms with Crippen LogP contribution in [0.1, 0.15) is 31.9 Å². The first-order chi connectivity index (χ1) is 9.66. The zero-order chi connectivity index (χ0) is 14.2. The Hall–Kier alpha value is -1.35. The fraction of sp³-hybridized carbons (Fsp3) is 0.588. The summed E-state index contributed by atoms with van der Waals surface area (Å²) >= 11 is 0. The second kappa shape index (κ2) is 5.21. The van der Waals surface area contributed by atoms with Crippen molar-refractivity contribution in [2.45, 2.75) is 26.3 Å². The van der Waals surface area contributed by atoms with Crippen LogP contribution in [0, 0.1) is 11.8 Å². The molecule has 1 aromatic rings. The number of ether oxygens (including phenoxy) is 1. The van der Waals surface area contributed by atoms with Crippen molar-refractivity contribution in [3.63, 3.8) is 0 Å². The van der Waals surface area contributed by atoms with Gasteiger partial charge in [0.15, 0.2) is 0 Å². The Morgan fingerprint density at radius 3 is 2.80 bits per heavy atom. The summed E-state index contributed by atoms with van der Waals surface area (Å²) in [6, 6.07) is 11.2. The third-order valence-electron chi connectivity index (χ3n) is 5.37. The minimum atomic E-state index is 0.0254. The summed E-state index contributed by atoms with van der Waals surface area (Å²) in [6.45, 7) is 8.00. The van der Waals surface area contributed by atoms with Crippen LogP contribution >= 0.6 is 0 Å². The molecule has 2 heterocycles. The van der Waals surface area contributed by atoms with E-state index in [-0.39, 0.29) is 11.9 Å². The van der Waals surface area contributed by atoms with Crippen LogP contribution in [-0.4, -0.2) is 36.7 Å². The maximum Gasteiger partial charge on any atom is 0.315 e. The minimum absolute atomic E-state index is 0.0254. The SMILES string of the molecule is CCOC(=O)[C@@H]1C[N@+]2(C(C)c3ccccc3)CC[C@H]1C2. The van der Waals surface area contributed by atoms with Gasteiger partial charge in [0.2, 0.25) is 0 Å². The van der Waals surface area contributed by atoms with Gasteiger partial charge in [-0.1, -0.05) is 30.3 Å². The van der Waals surface area contributed by atoms with Gasteiger partial charge in [0.1, 0.15) is 12.0 Å². The number of nitrogens with zero attached hydrogens (tertiary/aromatic N) is 1. The van der Waals surface area contributed by atoms with Crippen molar-refractivity contribution in [3.8, 4) is 0 Å². The Morgan fingerprint density at radius 1 is 1.35 bits per heavy atom. The lowest BCUT2D eigenvalue weighted by molar-refractivity contribution is -0.938. The third kappa shape index (κ3) is 2.14. The number of benzene rings is 1. The molecule has 3 rings (SSSR count). The Balaban J connectivity index is 1.79. The molecule has 3 nitrogen and oxygen atoms in total. The molecule has 0 amide bonds. The quantitative estimate of drug-likeness (QED) is 0.623. The number of rotatable bonds is 4. The van der Waals surface area contributed by atoms with E-state index < -0.39 is 0 Å². The van der Waals surface area contributed by atoms with Crippen molar-refractivity contribution in [2.24, 2.45) is 11.8 Å². The van der Waals surface area contributed by atoms with Gasteiger partial charge in [-0.3, -0.25) is 4.79 Å². The van der Waals surface area contributed by atoms with E-state index >= 15 is 0 Å². The van der Waals surface area contributed by atoms with Gasteiger partial charge >= 0.3 is 5.97 Å². The lowest BCUT2D eigenvalue weighted by Crippen LogP contribution is -2.48. The average molecular weight is 274 g/mol. The van der Waals surface area contributed by atoms with Crippen LogP contribution in [-0.2, 0) is 9.53 Å². The molecule has 2 saturated heterocycles. The lowest BCUT2D eigenvalue weighted by Gasteiger charge is -2.39. The van der Waals surface area contributed by atoms with Crippen molar-refractivity contribution in [1.82, 2.24) is 0 Å². The second-order valence-corrected chi connectivity index (χ2v) is 6.30. The largest absolute Gasteiger partial charge is 0.466 e. The zero-order valence-electron chi connectivity index (χ0n) is 12.4. The molecule has 108 valence electrons. The lowest BCUT2D eigenvalue weighted by atomic mass is 9.92. The van der Waals surface area contributed by atoms with Crippen molar-refractivity contribution in [1.29, 1.82) is 0 Å². The highest BCUT2D eigenvalue weighted by molar-refractivity contribution is 5.73. The summed E-state index contributed by atoms with van der Waals surface area (Å²) in [5.41, 5.74) is 1.39. The van der Waals surface area contributed by atoms with Crippen LogP contribution in [0.3, 0.4) is 0 Å². The smallest absolute Gasteiger partial charge is 0.315 e. The van der Waals surface area contributed by atoms with Gasteiger partial charge in [-0.2, -0.15) is 0 Å². The van der Waals surface area contributed by atoms with Gasteiger partial charge in [0.05, 0.1) is 26.2 Å². The van der Waals surface area contributed by atoms with Gasteiger partial charge in [0, 0.05) is 17.9 Å². The fourth-order valence-electron chi connectivity index (χ4n) is 4.18. The summed E-state index contributed by atoms with van der Waals surface area (Å²) in [7, 11) is 0. The van der Waals surface area contributed by atoms with Crippen molar-refractivity contribution in [3.05, 3.63) is 35.9 Å². The van der Waals surface area contributed by atoms with E-state index in [0.29, 0.717) is 18.6 Å². The normalized spacial score (nSPS) is 33.1. The van der Waals surface area contributed by atoms with Crippen molar-refractivity contribution < 1.29 is 14.0 Å². The van der Waals surface area contributed by atoms with E-state index in [1.165, 1.54) is 18.5 Å². The van der Waals surface area contributed by atoms with E-state index in [0.717, 1.165) is 17.6 Å². The first kappa shape index (κ1) is 13.6. The molecule has 0 radical (unpaired) electrons. The standard InChI is InChI=1S/C17H24NO2/c1-3-20-17(19)16-12-18(10-9-15(16)11-18)13(2)14-7-5-4-6-8-14/h4-8,13,15-16H,3,9-12H2,1-2H3/q+1/t13?,15-,16+,18-/m0/s1. The molecule has 0 spiro atoms. The Labute approximate surface area is 121 Å². The number of esters is 1. The molecule has 1 unspecified atom stereocenters. The fourth-order valence-corrected chi connectivity index (χ4v) is 4.18. The van der Waals surface area contributed by atoms with E-state index in [1.54, 1.807) is 0 Å². The van der Waals surface area contributed by atoms with Gasteiger partial charge in [-0.25, -0.2) is 0 Å². The second-order valence-electron chi connectivity index (χ2n) is 6.30. The van der Waals surface area contributed by atoms with E-state index in [9.17, 15) is 4.79 Å². The van der Waals surface area contributed by atoms with Gasteiger partial charge in [-0.15, -0.1) is 0 Å². The zero-order valence-corrected chi connectivity index (χ0v) is 12.4. The van der Waals surface area contributed by atoms with Crippen LogP contribution in [0.15, 0.2) is 30.3 Å². The molecule has 2 aliphatic heterocycles. The first-order valence-electron chi connectivity index (χ1n) is 7.73. The number of carbonyl (C=O) groups excluding carboxylic acids is 1. The van der Waals surface area contributed by atoms with Crippen LogP contribution in [0.2, 0.25) is 0 Å². The monoisotopic (exact) mass is 274 g/mol. The molecule has 0 N–H and O–H groups in total. The van der Waals surface area contributed by atoms with Crippen LogP contribution in [0.4, 0.5) is 0 Å². The van der Waals surface area contributed by atoms with Crippen LogP contribution in [0.25, 0.3) is 0 Å². The van der Waals surface area contributed by atoms with E-state index in [4.69, 9.17) is 4.74 Å². The number of fused-ring (bicyclic) bond motifs is 2. The Morgan fingerprint density at radius 2 is 2.10 bits per heavy atom. The maximum absolute atomic E-state index is 12.1. The molecule has 0 saturated carbocycles. The van der Waals surface area contributed by atoms with Gasteiger partial charge in [0.25, 0.3) is 0 Å². The molecule has 20 heavy (non-hydrogen) atoms. The summed E-state index contributed by atoms with van der Waals surface area (Å²) < 4.78 is 6.33. The minimum Gasteiger partial charge on any atom is -0.466 e.